The van der Waals surface area contributed by atoms with Gasteiger partial charge in [0.2, 0.25) is 5.91 Å². The van der Waals surface area contributed by atoms with Gasteiger partial charge in [-0.1, -0.05) is 12.1 Å². The van der Waals surface area contributed by atoms with Gasteiger partial charge in [0.15, 0.2) is 5.13 Å². The third-order valence-corrected chi connectivity index (χ3v) is 6.16. The Morgan fingerprint density at radius 2 is 2.07 bits per heavy atom. The van der Waals surface area contributed by atoms with Gasteiger partial charge >= 0.3 is 0 Å². The zero-order valence-corrected chi connectivity index (χ0v) is 17.4. The Morgan fingerprint density at radius 1 is 1.29 bits per heavy atom. The van der Waals surface area contributed by atoms with Crippen molar-refractivity contribution in [2.75, 3.05) is 18.4 Å². The number of carbonyl (C=O) groups excluding carboxylic acids is 1. The van der Waals surface area contributed by atoms with Crippen LogP contribution in [0.15, 0.2) is 35.7 Å². The topological polar surface area (TPSA) is 67.4 Å². The maximum atomic E-state index is 12.2. The maximum Gasteiger partial charge on any atom is 0.250 e. The van der Waals surface area contributed by atoms with E-state index in [1.54, 1.807) is 17.4 Å². The summed E-state index contributed by atoms with van der Waals surface area (Å²) in [4.78, 5) is 23.6. The molecule has 8 heteroatoms. The number of benzene rings is 1. The van der Waals surface area contributed by atoms with Gasteiger partial charge in [-0.25, -0.2) is 9.97 Å². The van der Waals surface area contributed by atoms with Crippen LogP contribution in [0.4, 0.5) is 5.13 Å². The fourth-order valence-corrected chi connectivity index (χ4v) is 4.91. The second kappa shape index (κ2) is 8.48. The number of carbonyl (C=O) groups is 1. The number of rotatable bonds is 5. The average molecular weight is 415 g/mol. The quantitative estimate of drug-likeness (QED) is 0.639. The largest absolute Gasteiger partial charge is 0.373 e. The summed E-state index contributed by atoms with van der Waals surface area (Å²) in [6.07, 6.45) is 3.71. The number of hydrogen-bond donors (Lipinski definition) is 1. The molecule has 0 bridgehead atoms. The lowest BCUT2D eigenvalue weighted by molar-refractivity contribution is -0.111. The minimum Gasteiger partial charge on any atom is -0.373 e. The van der Waals surface area contributed by atoms with Gasteiger partial charge in [0.1, 0.15) is 5.01 Å². The van der Waals surface area contributed by atoms with Crippen LogP contribution in [0.3, 0.4) is 0 Å². The Bertz CT molecular complexity index is 954. The van der Waals surface area contributed by atoms with Crippen molar-refractivity contribution in [3.63, 3.8) is 0 Å². The number of anilines is 1. The highest BCUT2D eigenvalue weighted by molar-refractivity contribution is 7.19. The molecule has 1 aliphatic heterocycles. The van der Waals surface area contributed by atoms with Crippen molar-refractivity contribution >= 4 is 50.0 Å². The highest BCUT2D eigenvalue weighted by atomic mass is 32.1. The van der Waals surface area contributed by atoms with E-state index in [1.807, 2.05) is 29.6 Å². The second-order valence-electron chi connectivity index (χ2n) is 6.94. The highest BCUT2D eigenvalue weighted by Gasteiger charge is 2.22. The highest BCUT2D eigenvalue weighted by Crippen LogP contribution is 2.23. The average Bonchev–Trinajstić information content (AvgIpc) is 3.25. The van der Waals surface area contributed by atoms with E-state index in [9.17, 15) is 4.79 Å². The van der Waals surface area contributed by atoms with Crippen LogP contribution >= 0.6 is 22.7 Å². The van der Waals surface area contributed by atoms with Gasteiger partial charge in [-0.05, 0) is 32.1 Å². The first-order chi connectivity index (χ1) is 13.5. The van der Waals surface area contributed by atoms with Gasteiger partial charge in [-0.15, -0.1) is 22.7 Å². The molecule has 1 aliphatic rings. The van der Waals surface area contributed by atoms with Crippen molar-refractivity contribution in [3.8, 4) is 0 Å². The van der Waals surface area contributed by atoms with Crippen LogP contribution in [0.25, 0.3) is 16.3 Å². The smallest absolute Gasteiger partial charge is 0.250 e. The zero-order chi connectivity index (χ0) is 19.5. The van der Waals surface area contributed by atoms with Crippen LogP contribution < -0.4 is 5.32 Å². The van der Waals surface area contributed by atoms with Gasteiger partial charge < -0.3 is 4.74 Å². The van der Waals surface area contributed by atoms with E-state index in [0.717, 1.165) is 40.6 Å². The molecule has 6 nitrogen and oxygen atoms in total. The summed E-state index contributed by atoms with van der Waals surface area (Å²) in [6.45, 7) is 6.75. The molecule has 3 aromatic rings. The van der Waals surface area contributed by atoms with E-state index in [-0.39, 0.29) is 18.1 Å². The minimum absolute atomic E-state index is 0.200. The molecule has 0 radical (unpaired) electrons. The van der Waals surface area contributed by atoms with Gasteiger partial charge in [0.25, 0.3) is 0 Å². The van der Waals surface area contributed by atoms with Gasteiger partial charge in [0.05, 0.1) is 28.1 Å². The molecule has 0 aliphatic carbocycles. The normalized spacial score (nSPS) is 20.8. The summed E-state index contributed by atoms with van der Waals surface area (Å²) >= 11 is 3.01. The maximum absolute atomic E-state index is 12.2. The molecule has 0 saturated carbocycles. The molecule has 1 saturated heterocycles. The van der Waals surface area contributed by atoms with Crippen molar-refractivity contribution in [2.24, 2.45) is 0 Å². The third-order valence-electron chi connectivity index (χ3n) is 4.35. The van der Waals surface area contributed by atoms with E-state index in [1.165, 1.54) is 17.4 Å². The number of fused-ring (bicyclic) bond motifs is 1. The zero-order valence-electron chi connectivity index (χ0n) is 15.8. The lowest BCUT2D eigenvalue weighted by Crippen LogP contribution is -2.44. The number of ether oxygens (including phenoxy) is 1. The number of aromatic nitrogens is 2. The molecular weight excluding hydrogens is 392 g/mol. The fraction of sp³-hybridized carbons (Fsp3) is 0.350. The summed E-state index contributed by atoms with van der Waals surface area (Å²) < 4.78 is 6.88. The Kier molecular flexibility index (Phi) is 5.82. The minimum atomic E-state index is -0.200. The summed E-state index contributed by atoms with van der Waals surface area (Å²) in [6, 6.07) is 7.94. The first-order valence-corrected chi connectivity index (χ1v) is 10.9. The van der Waals surface area contributed by atoms with Gasteiger partial charge in [-0.3, -0.25) is 15.0 Å². The fourth-order valence-electron chi connectivity index (χ4n) is 3.33. The predicted molar refractivity (Wildman–Crippen MR) is 115 cm³/mol. The standard InChI is InChI=1S/C20H22N4O2S2/c1-13-9-24(10-14(2)26-13)11-15-12-27-20(21-15)23-18(25)7-8-19-22-16-5-3-4-6-17(16)28-19/h3-8,12-14H,9-11H2,1-2H3,(H,21,23,25)/b8-7+. The Hall–Kier alpha value is -2.13. The summed E-state index contributed by atoms with van der Waals surface area (Å²) in [5, 5.41) is 6.26. The SMILES string of the molecule is CC1CN(Cc2csc(NC(=O)/C=C/c3nc4ccccc4s3)n2)CC(C)O1. The molecule has 1 aromatic carbocycles. The molecule has 28 heavy (non-hydrogen) atoms. The van der Waals surface area contributed by atoms with Crippen LogP contribution in [0.1, 0.15) is 24.5 Å². The summed E-state index contributed by atoms with van der Waals surface area (Å²) in [7, 11) is 0. The van der Waals surface area contributed by atoms with E-state index < -0.39 is 0 Å². The Morgan fingerprint density at radius 3 is 2.86 bits per heavy atom. The van der Waals surface area contributed by atoms with Crippen LogP contribution in [0.2, 0.25) is 0 Å². The molecule has 0 spiro atoms. The molecule has 3 heterocycles. The number of thiazole rings is 2. The van der Waals surface area contributed by atoms with Gasteiger partial charge in [0, 0.05) is 31.1 Å². The van der Waals surface area contributed by atoms with Crippen molar-refractivity contribution < 1.29 is 9.53 Å². The lowest BCUT2D eigenvalue weighted by Gasteiger charge is -2.34. The molecule has 2 unspecified atom stereocenters. The van der Waals surface area contributed by atoms with Crippen LogP contribution in [0, 0.1) is 0 Å². The molecule has 2 atom stereocenters. The number of amides is 1. The van der Waals surface area contributed by atoms with Crippen molar-refractivity contribution in [3.05, 3.63) is 46.4 Å². The van der Waals surface area contributed by atoms with E-state index >= 15 is 0 Å². The van der Waals surface area contributed by atoms with Crippen molar-refractivity contribution in [2.45, 2.75) is 32.6 Å². The number of nitrogens with zero attached hydrogens (tertiary/aromatic N) is 3. The first kappa shape index (κ1) is 19.2. The van der Waals surface area contributed by atoms with Crippen LogP contribution in [0.5, 0.6) is 0 Å². The predicted octanol–water partition coefficient (Wildman–Crippen LogP) is 4.01. The lowest BCUT2D eigenvalue weighted by atomic mass is 10.2. The molecule has 146 valence electrons. The molecule has 1 fully saturated rings. The molecule has 1 N–H and O–H groups in total. The van der Waals surface area contributed by atoms with Crippen molar-refractivity contribution in [1.29, 1.82) is 0 Å². The Labute approximate surface area is 171 Å². The molecular formula is C20H22N4O2S2. The second-order valence-corrected chi connectivity index (χ2v) is 8.86. The van der Waals surface area contributed by atoms with E-state index in [2.05, 4.69) is 34.0 Å². The summed E-state index contributed by atoms with van der Waals surface area (Å²) in [5.41, 5.74) is 1.92. The van der Waals surface area contributed by atoms with E-state index in [4.69, 9.17) is 4.74 Å². The molecule has 2 aromatic heterocycles. The first-order valence-electron chi connectivity index (χ1n) is 9.22. The van der Waals surface area contributed by atoms with Crippen LogP contribution in [-0.4, -0.2) is 46.1 Å². The number of hydrogen-bond acceptors (Lipinski definition) is 7. The van der Waals surface area contributed by atoms with E-state index in [0.29, 0.717) is 5.13 Å². The number of morpholine rings is 1. The number of para-hydroxylation sites is 1. The van der Waals surface area contributed by atoms with Crippen molar-refractivity contribution in [1.82, 2.24) is 14.9 Å². The molecule has 1 amide bonds. The monoisotopic (exact) mass is 414 g/mol. The van der Waals surface area contributed by atoms with Crippen LogP contribution in [-0.2, 0) is 16.1 Å². The third kappa shape index (κ3) is 4.82. The molecule has 4 rings (SSSR count). The Balaban J connectivity index is 1.33. The number of nitrogens with one attached hydrogen (secondary N) is 1. The van der Waals surface area contributed by atoms with Gasteiger partial charge in [-0.2, -0.15) is 0 Å². The summed E-state index contributed by atoms with van der Waals surface area (Å²) in [5.74, 6) is -0.200.